The zero-order chi connectivity index (χ0) is 14.3. The molecule has 3 rings (SSSR count). The fourth-order valence-electron chi connectivity index (χ4n) is 3.73. The van der Waals surface area contributed by atoms with Crippen molar-refractivity contribution in [1.29, 1.82) is 0 Å². The summed E-state index contributed by atoms with van der Waals surface area (Å²) in [4.78, 5) is 4.93. The summed E-state index contributed by atoms with van der Waals surface area (Å²) in [6.07, 6.45) is 5.28. The van der Waals surface area contributed by atoms with Gasteiger partial charge in [0.05, 0.1) is 6.20 Å². The Hall–Kier alpha value is -0.910. The van der Waals surface area contributed by atoms with Crippen molar-refractivity contribution in [3.63, 3.8) is 0 Å². The smallest absolute Gasteiger partial charge is 0.0534 e. The molecule has 1 N–H and O–H groups in total. The molecule has 0 radical (unpaired) electrons. The van der Waals surface area contributed by atoms with E-state index in [0.29, 0.717) is 24.1 Å². The number of rotatable bonds is 4. The van der Waals surface area contributed by atoms with Crippen LogP contribution >= 0.6 is 0 Å². The normalized spacial score (nSPS) is 26.6. The van der Waals surface area contributed by atoms with Crippen molar-refractivity contribution in [3.05, 3.63) is 18.0 Å². The second-order valence-electron chi connectivity index (χ2n) is 6.93. The van der Waals surface area contributed by atoms with Gasteiger partial charge in [-0.2, -0.15) is 5.10 Å². The molecule has 2 aliphatic rings. The number of aliphatic hydroxyl groups excluding tert-OH is 1. The van der Waals surface area contributed by atoms with Gasteiger partial charge >= 0.3 is 0 Å². The van der Waals surface area contributed by atoms with Crippen molar-refractivity contribution >= 4 is 0 Å². The van der Waals surface area contributed by atoms with Crippen LogP contribution in [0, 0.1) is 5.92 Å². The quantitative estimate of drug-likeness (QED) is 0.891. The summed E-state index contributed by atoms with van der Waals surface area (Å²) in [5.41, 5.74) is 1.62. The number of nitrogens with zero attached hydrogens (tertiary/aromatic N) is 4. The molecule has 0 unspecified atom stereocenters. The largest absolute Gasteiger partial charge is 0.396 e. The molecule has 0 aromatic carbocycles. The molecule has 20 heavy (non-hydrogen) atoms. The average Bonchev–Trinajstić information content (AvgIpc) is 2.94. The van der Waals surface area contributed by atoms with Crippen molar-refractivity contribution in [2.75, 3.05) is 33.3 Å². The van der Waals surface area contributed by atoms with E-state index in [2.05, 4.69) is 42.0 Å². The molecule has 0 amide bonds. The topological polar surface area (TPSA) is 44.5 Å². The maximum Gasteiger partial charge on any atom is 0.0534 e. The highest BCUT2D eigenvalue weighted by Crippen LogP contribution is 2.39. The number of likely N-dealkylation sites (N-methyl/N-ethyl adjacent to an activating group) is 1. The van der Waals surface area contributed by atoms with Gasteiger partial charge in [-0.05, 0) is 33.2 Å². The predicted octanol–water partition coefficient (Wildman–Crippen LogP) is 0.962. The Morgan fingerprint density at radius 1 is 1.45 bits per heavy atom. The number of hydrogen-bond acceptors (Lipinski definition) is 4. The molecule has 3 heterocycles. The van der Waals surface area contributed by atoms with Crippen LogP contribution < -0.4 is 0 Å². The van der Waals surface area contributed by atoms with Crippen LogP contribution in [0.2, 0.25) is 0 Å². The van der Waals surface area contributed by atoms with E-state index >= 15 is 0 Å². The molecule has 2 saturated heterocycles. The van der Waals surface area contributed by atoms with Gasteiger partial charge in [-0.15, -0.1) is 0 Å². The van der Waals surface area contributed by atoms with Crippen LogP contribution in [0.25, 0.3) is 0 Å². The summed E-state index contributed by atoms with van der Waals surface area (Å²) in [5, 5.41) is 13.7. The molecular weight excluding hydrogens is 252 g/mol. The van der Waals surface area contributed by atoms with Gasteiger partial charge in [0.1, 0.15) is 0 Å². The van der Waals surface area contributed by atoms with Gasteiger partial charge in [0.2, 0.25) is 0 Å². The molecule has 112 valence electrons. The van der Waals surface area contributed by atoms with E-state index in [1.807, 2.05) is 10.9 Å². The monoisotopic (exact) mass is 278 g/mol. The standard InChI is InChI=1S/C15H26N4O/c1-12(2)19-8-14(5-16-19)7-18-10-15(11-18)4-13(9-20)6-17(15)3/h5,8,12-13,20H,4,6-7,9-11H2,1-3H3/t13-/m0/s1. The van der Waals surface area contributed by atoms with E-state index < -0.39 is 0 Å². The minimum atomic E-state index is 0.321. The summed E-state index contributed by atoms with van der Waals surface area (Å²) in [6.45, 7) is 8.89. The van der Waals surface area contributed by atoms with Gasteiger partial charge < -0.3 is 5.11 Å². The maximum atomic E-state index is 9.34. The maximum absolute atomic E-state index is 9.34. The molecule has 0 bridgehead atoms. The fraction of sp³-hybridized carbons (Fsp3) is 0.800. The lowest BCUT2D eigenvalue weighted by Gasteiger charge is -2.52. The van der Waals surface area contributed by atoms with E-state index in [1.54, 1.807) is 0 Å². The third kappa shape index (κ3) is 2.38. The van der Waals surface area contributed by atoms with Crippen LogP contribution in [0.1, 0.15) is 31.9 Å². The molecular formula is C15H26N4O. The molecule has 1 aromatic heterocycles. The number of hydrogen-bond donors (Lipinski definition) is 1. The van der Waals surface area contributed by atoms with E-state index in [4.69, 9.17) is 0 Å². The van der Waals surface area contributed by atoms with E-state index in [-0.39, 0.29) is 0 Å². The van der Waals surface area contributed by atoms with Gasteiger partial charge in [0.25, 0.3) is 0 Å². The van der Waals surface area contributed by atoms with Crippen LogP contribution in [0.5, 0.6) is 0 Å². The Balaban J connectivity index is 1.55. The molecule has 2 fully saturated rings. The molecule has 0 aliphatic carbocycles. The van der Waals surface area contributed by atoms with Crippen LogP contribution in [0.15, 0.2) is 12.4 Å². The highest BCUT2D eigenvalue weighted by atomic mass is 16.3. The average molecular weight is 278 g/mol. The van der Waals surface area contributed by atoms with Crippen LogP contribution in [0.3, 0.4) is 0 Å². The first-order valence-electron chi connectivity index (χ1n) is 7.60. The third-order valence-corrected chi connectivity index (χ3v) is 4.89. The van der Waals surface area contributed by atoms with Gasteiger partial charge in [-0.25, -0.2) is 0 Å². The van der Waals surface area contributed by atoms with Crippen molar-refractivity contribution in [2.24, 2.45) is 5.92 Å². The molecule has 5 heteroatoms. The van der Waals surface area contributed by atoms with Crippen molar-refractivity contribution in [3.8, 4) is 0 Å². The minimum Gasteiger partial charge on any atom is -0.396 e. The molecule has 1 aromatic rings. The zero-order valence-electron chi connectivity index (χ0n) is 12.8. The summed E-state index contributed by atoms with van der Waals surface area (Å²) < 4.78 is 2.02. The third-order valence-electron chi connectivity index (χ3n) is 4.89. The van der Waals surface area contributed by atoms with Crippen LogP contribution in [-0.2, 0) is 6.54 Å². The Bertz CT molecular complexity index is 464. The summed E-state index contributed by atoms with van der Waals surface area (Å²) in [5.74, 6) is 0.464. The zero-order valence-corrected chi connectivity index (χ0v) is 12.8. The van der Waals surface area contributed by atoms with Crippen molar-refractivity contribution < 1.29 is 5.11 Å². The summed E-state index contributed by atoms with van der Waals surface area (Å²) in [6, 6.07) is 0.428. The lowest BCUT2D eigenvalue weighted by molar-refractivity contribution is -0.0223. The Morgan fingerprint density at radius 2 is 2.20 bits per heavy atom. The molecule has 2 aliphatic heterocycles. The predicted molar refractivity (Wildman–Crippen MR) is 78.4 cm³/mol. The van der Waals surface area contributed by atoms with Crippen LogP contribution in [-0.4, -0.2) is 63.5 Å². The summed E-state index contributed by atoms with van der Waals surface area (Å²) >= 11 is 0. The Labute approximate surface area is 121 Å². The number of aliphatic hydroxyl groups is 1. The number of aromatic nitrogens is 2. The van der Waals surface area contributed by atoms with E-state index in [9.17, 15) is 5.11 Å². The van der Waals surface area contributed by atoms with Crippen molar-refractivity contribution in [1.82, 2.24) is 19.6 Å². The first-order chi connectivity index (χ1) is 9.52. The molecule has 1 atom stereocenters. The highest BCUT2D eigenvalue weighted by molar-refractivity contribution is 5.12. The molecule has 1 spiro atoms. The van der Waals surface area contributed by atoms with Gasteiger partial charge in [-0.1, -0.05) is 0 Å². The number of likely N-dealkylation sites (tertiary alicyclic amines) is 2. The first-order valence-corrected chi connectivity index (χ1v) is 7.60. The van der Waals surface area contributed by atoms with Gasteiger partial charge in [0, 0.05) is 56.1 Å². The van der Waals surface area contributed by atoms with E-state index in [0.717, 1.165) is 32.6 Å². The Kier molecular flexibility index (Phi) is 3.60. The van der Waals surface area contributed by atoms with Crippen molar-refractivity contribution in [2.45, 2.75) is 38.4 Å². The lowest BCUT2D eigenvalue weighted by atomic mass is 9.84. The molecule has 5 nitrogen and oxygen atoms in total. The first kappa shape index (κ1) is 14.0. The van der Waals surface area contributed by atoms with Crippen LogP contribution in [0.4, 0.5) is 0 Å². The summed E-state index contributed by atoms with van der Waals surface area (Å²) in [7, 11) is 2.20. The van der Waals surface area contributed by atoms with E-state index in [1.165, 1.54) is 5.56 Å². The fourth-order valence-corrected chi connectivity index (χ4v) is 3.73. The second-order valence-corrected chi connectivity index (χ2v) is 6.93. The molecule has 0 saturated carbocycles. The highest BCUT2D eigenvalue weighted by Gasteiger charge is 2.51. The SMILES string of the molecule is CC(C)n1cc(CN2CC3(C[C@H](CO)CN3C)C2)cn1. The lowest BCUT2D eigenvalue weighted by Crippen LogP contribution is -2.66. The van der Waals surface area contributed by atoms with Gasteiger partial charge in [-0.3, -0.25) is 14.5 Å². The Morgan fingerprint density at radius 3 is 2.75 bits per heavy atom. The minimum absolute atomic E-state index is 0.321. The van der Waals surface area contributed by atoms with Gasteiger partial charge in [0.15, 0.2) is 0 Å². The second kappa shape index (κ2) is 5.13.